The minimum atomic E-state index is 0.295. The molecule has 112 valence electrons. The molecule has 1 fully saturated rings. The molecule has 0 spiro atoms. The van der Waals surface area contributed by atoms with E-state index in [9.17, 15) is 0 Å². The molecule has 0 saturated carbocycles. The standard InChI is InChI=1S/C12H22N6O2/c1-3-6-20-12-15-10(17-13)14-11(16-12)18(2)9-4-7-19-8-5-9/h9H,3-8,13H2,1-2H3,(H,14,15,16,17). The first kappa shape index (κ1) is 14.7. The van der Waals surface area contributed by atoms with Crippen molar-refractivity contribution in [1.29, 1.82) is 0 Å². The average Bonchev–Trinajstić information content (AvgIpc) is 2.52. The number of nitrogen functional groups attached to an aromatic ring is 1. The van der Waals surface area contributed by atoms with Crippen LogP contribution in [0.15, 0.2) is 0 Å². The van der Waals surface area contributed by atoms with Crippen LogP contribution in [0.2, 0.25) is 0 Å². The molecular weight excluding hydrogens is 260 g/mol. The van der Waals surface area contributed by atoms with Gasteiger partial charge in [0, 0.05) is 26.3 Å². The van der Waals surface area contributed by atoms with Crippen LogP contribution in [0.3, 0.4) is 0 Å². The number of anilines is 2. The molecule has 0 aromatic carbocycles. The van der Waals surface area contributed by atoms with E-state index in [4.69, 9.17) is 15.3 Å². The highest BCUT2D eigenvalue weighted by atomic mass is 16.5. The second-order valence-corrected chi connectivity index (χ2v) is 4.69. The Bertz CT molecular complexity index is 424. The number of aromatic nitrogens is 3. The molecule has 1 aliphatic rings. The van der Waals surface area contributed by atoms with Crippen LogP contribution in [0.4, 0.5) is 11.9 Å². The molecule has 0 unspecified atom stereocenters. The molecule has 20 heavy (non-hydrogen) atoms. The Labute approximate surface area is 118 Å². The van der Waals surface area contributed by atoms with Gasteiger partial charge in [0.15, 0.2) is 0 Å². The summed E-state index contributed by atoms with van der Waals surface area (Å²) in [6.45, 7) is 4.12. The second kappa shape index (κ2) is 7.20. The summed E-state index contributed by atoms with van der Waals surface area (Å²) in [7, 11) is 1.97. The van der Waals surface area contributed by atoms with Gasteiger partial charge in [0.05, 0.1) is 6.61 Å². The molecular formula is C12H22N6O2. The number of nitrogens with zero attached hydrogens (tertiary/aromatic N) is 4. The van der Waals surface area contributed by atoms with Crippen molar-refractivity contribution in [3.05, 3.63) is 0 Å². The van der Waals surface area contributed by atoms with Crippen LogP contribution >= 0.6 is 0 Å². The minimum Gasteiger partial charge on any atom is -0.463 e. The van der Waals surface area contributed by atoms with Crippen molar-refractivity contribution in [3.8, 4) is 6.01 Å². The van der Waals surface area contributed by atoms with E-state index in [0.29, 0.717) is 30.6 Å². The third kappa shape index (κ3) is 3.67. The third-order valence-corrected chi connectivity index (χ3v) is 3.22. The van der Waals surface area contributed by atoms with E-state index in [1.165, 1.54) is 0 Å². The third-order valence-electron chi connectivity index (χ3n) is 3.22. The van der Waals surface area contributed by atoms with E-state index in [1.54, 1.807) is 0 Å². The van der Waals surface area contributed by atoms with Crippen molar-refractivity contribution in [2.45, 2.75) is 32.2 Å². The Morgan fingerprint density at radius 1 is 1.35 bits per heavy atom. The van der Waals surface area contributed by atoms with Gasteiger partial charge in [-0.05, 0) is 19.3 Å². The summed E-state index contributed by atoms with van der Waals surface area (Å²) < 4.78 is 10.8. The lowest BCUT2D eigenvalue weighted by atomic mass is 10.1. The van der Waals surface area contributed by atoms with Gasteiger partial charge in [-0.15, -0.1) is 0 Å². The molecule has 2 heterocycles. The fourth-order valence-corrected chi connectivity index (χ4v) is 2.06. The molecule has 8 nitrogen and oxygen atoms in total. The fourth-order valence-electron chi connectivity index (χ4n) is 2.06. The maximum Gasteiger partial charge on any atom is 0.323 e. The summed E-state index contributed by atoms with van der Waals surface area (Å²) in [5.74, 6) is 6.26. The molecule has 0 radical (unpaired) electrons. The van der Waals surface area contributed by atoms with Gasteiger partial charge in [-0.2, -0.15) is 15.0 Å². The molecule has 8 heteroatoms. The van der Waals surface area contributed by atoms with Gasteiger partial charge in [-0.1, -0.05) is 6.92 Å². The first-order chi connectivity index (χ1) is 9.74. The Morgan fingerprint density at radius 2 is 2.10 bits per heavy atom. The van der Waals surface area contributed by atoms with Gasteiger partial charge < -0.3 is 14.4 Å². The molecule has 1 aromatic rings. The van der Waals surface area contributed by atoms with E-state index in [2.05, 4.69) is 20.4 Å². The lowest BCUT2D eigenvalue weighted by Crippen LogP contribution is -2.38. The molecule has 1 aliphatic heterocycles. The van der Waals surface area contributed by atoms with Crippen LogP contribution in [0.5, 0.6) is 6.01 Å². The number of nitrogens with two attached hydrogens (primary N) is 1. The predicted molar refractivity (Wildman–Crippen MR) is 75.7 cm³/mol. The molecule has 3 N–H and O–H groups in total. The number of rotatable bonds is 6. The fraction of sp³-hybridized carbons (Fsp3) is 0.750. The summed E-state index contributed by atoms with van der Waals surface area (Å²) in [6, 6.07) is 0.652. The summed E-state index contributed by atoms with van der Waals surface area (Å²) in [5.41, 5.74) is 2.45. The molecule has 0 aliphatic carbocycles. The van der Waals surface area contributed by atoms with E-state index in [0.717, 1.165) is 32.5 Å². The predicted octanol–water partition coefficient (Wildman–Crippen LogP) is 0.561. The molecule has 0 amide bonds. The van der Waals surface area contributed by atoms with Crippen molar-refractivity contribution in [1.82, 2.24) is 15.0 Å². The van der Waals surface area contributed by atoms with Gasteiger partial charge in [-0.25, -0.2) is 5.84 Å². The first-order valence-electron chi connectivity index (χ1n) is 6.90. The smallest absolute Gasteiger partial charge is 0.323 e. The quantitative estimate of drug-likeness (QED) is 0.577. The molecule has 2 rings (SSSR count). The Morgan fingerprint density at radius 3 is 2.75 bits per heavy atom. The average molecular weight is 282 g/mol. The number of ether oxygens (including phenoxy) is 2. The Balaban J connectivity index is 2.15. The van der Waals surface area contributed by atoms with Crippen molar-refractivity contribution in [2.24, 2.45) is 5.84 Å². The SMILES string of the molecule is CCCOc1nc(NN)nc(N(C)C2CCOCC2)n1. The van der Waals surface area contributed by atoms with E-state index < -0.39 is 0 Å². The van der Waals surface area contributed by atoms with Crippen molar-refractivity contribution >= 4 is 11.9 Å². The second-order valence-electron chi connectivity index (χ2n) is 4.69. The number of nitrogens with one attached hydrogen (secondary N) is 1. The van der Waals surface area contributed by atoms with Crippen LogP contribution in [0, 0.1) is 0 Å². The molecule has 0 atom stereocenters. The van der Waals surface area contributed by atoms with Crippen LogP contribution in [-0.4, -0.2) is 47.9 Å². The summed E-state index contributed by atoms with van der Waals surface area (Å²) in [4.78, 5) is 14.7. The Hall–Kier alpha value is -1.67. The zero-order valence-corrected chi connectivity index (χ0v) is 12.0. The van der Waals surface area contributed by atoms with Crippen LogP contribution in [0.25, 0.3) is 0 Å². The van der Waals surface area contributed by atoms with Crippen molar-refractivity contribution < 1.29 is 9.47 Å². The van der Waals surface area contributed by atoms with Crippen molar-refractivity contribution in [2.75, 3.05) is 37.2 Å². The zero-order valence-electron chi connectivity index (χ0n) is 12.0. The summed E-state index contributed by atoms with van der Waals surface area (Å²) in [5, 5.41) is 0. The van der Waals surface area contributed by atoms with Crippen LogP contribution in [0.1, 0.15) is 26.2 Å². The van der Waals surface area contributed by atoms with E-state index in [1.807, 2.05) is 18.9 Å². The normalized spacial score (nSPS) is 15.9. The van der Waals surface area contributed by atoms with Gasteiger partial charge >= 0.3 is 6.01 Å². The Kier molecular flexibility index (Phi) is 5.31. The van der Waals surface area contributed by atoms with E-state index >= 15 is 0 Å². The topological polar surface area (TPSA) is 98.4 Å². The number of hydrogen-bond donors (Lipinski definition) is 2. The van der Waals surface area contributed by atoms with Gasteiger partial charge in [0.2, 0.25) is 11.9 Å². The molecule has 0 bridgehead atoms. The van der Waals surface area contributed by atoms with Gasteiger partial charge in [0.1, 0.15) is 0 Å². The van der Waals surface area contributed by atoms with Gasteiger partial charge in [0.25, 0.3) is 0 Å². The summed E-state index contributed by atoms with van der Waals surface area (Å²) in [6.07, 6.45) is 2.81. The highest BCUT2D eigenvalue weighted by Gasteiger charge is 2.21. The van der Waals surface area contributed by atoms with Crippen LogP contribution < -0.4 is 20.9 Å². The molecule has 1 aromatic heterocycles. The summed E-state index contributed by atoms with van der Waals surface area (Å²) >= 11 is 0. The monoisotopic (exact) mass is 282 g/mol. The van der Waals surface area contributed by atoms with Crippen LogP contribution in [-0.2, 0) is 4.74 Å². The lowest BCUT2D eigenvalue weighted by molar-refractivity contribution is 0.0852. The maximum absolute atomic E-state index is 5.47. The highest BCUT2D eigenvalue weighted by molar-refractivity contribution is 5.38. The van der Waals surface area contributed by atoms with Crippen molar-refractivity contribution in [3.63, 3.8) is 0 Å². The molecule has 1 saturated heterocycles. The number of hydrogen-bond acceptors (Lipinski definition) is 8. The van der Waals surface area contributed by atoms with Gasteiger partial charge in [-0.3, -0.25) is 5.43 Å². The number of hydrazine groups is 1. The van der Waals surface area contributed by atoms with E-state index in [-0.39, 0.29) is 0 Å². The lowest BCUT2D eigenvalue weighted by Gasteiger charge is -2.31. The first-order valence-corrected chi connectivity index (χ1v) is 6.90. The zero-order chi connectivity index (χ0) is 14.4. The largest absolute Gasteiger partial charge is 0.463 e. The maximum atomic E-state index is 5.47. The minimum absolute atomic E-state index is 0.295. The highest BCUT2D eigenvalue weighted by Crippen LogP contribution is 2.20.